The maximum Gasteiger partial charge on any atom is 0.224 e. The van der Waals surface area contributed by atoms with Gasteiger partial charge in [0, 0.05) is 25.6 Å². The first-order valence-electron chi connectivity index (χ1n) is 7.20. The molecule has 3 heteroatoms. The maximum atomic E-state index is 12.0. The van der Waals surface area contributed by atoms with Crippen molar-refractivity contribution in [3.63, 3.8) is 0 Å². The van der Waals surface area contributed by atoms with Crippen LogP contribution in [0.25, 0.3) is 0 Å². The maximum absolute atomic E-state index is 12.0. The number of nitrogens with zero attached hydrogens (tertiary/aromatic N) is 1. The summed E-state index contributed by atoms with van der Waals surface area (Å²) in [5, 5.41) is 0. The van der Waals surface area contributed by atoms with Crippen molar-refractivity contribution in [2.75, 3.05) is 13.1 Å². The van der Waals surface area contributed by atoms with Crippen LogP contribution in [0.4, 0.5) is 0 Å². The molecule has 0 spiro atoms. The Morgan fingerprint density at radius 1 is 1.35 bits per heavy atom. The summed E-state index contributed by atoms with van der Waals surface area (Å²) >= 11 is 0. The highest BCUT2D eigenvalue weighted by Crippen LogP contribution is 2.22. The third-order valence-electron chi connectivity index (χ3n) is 3.86. The topological polar surface area (TPSA) is 46.3 Å². The van der Waals surface area contributed by atoms with Crippen LogP contribution in [0, 0.1) is 5.92 Å². The van der Waals surface area contributed by atoms with Gasteiger partial charge in [0.25, 0.3) is 0 Å². The van der Waals surface area contributed by atoms with Gasteiger partial charge in [-0.1, -0.05) is 26.7 Å². The first kappa shape index (κ1) is 14.5. The highest BCUT2D eigenvalue weighted by atomic mass is 16.2. The van der Waals surface area contributed by atoms with Crippen molar-refractivity contribution in [1.29, 1.82) is 0 Å². The van der Waals surface area contributed by atoms with Gasteiger partial charge in [-0.15, -0.1) is 0 Å². The van der Waals surface area contributed by atoms with Gasteiger partial charge in [-0.2, -0.15) is 0 Å². The van der Waals surface area contributed by atoms with Crippen molar-refractivity contribution >= 4 is 5.91 Å². The smallest absolute Gasteiger partial charge is 0.224 e. The lowest BCUT2D eigenvalue weighted by atomic mass is 9.96. The molecule has 1 aliphatic rings. The number of likely N-dealkylation sites (tertiary alicyclic amines) is 1. The van der Waals surface area contributed by atoms with Gasteiger partial charge in [-0.25, -0.2) is 0 Å². The summed E-state index contributed by atoms with van der Waals surface area (Å²) in [6.45, 7) is 6.17. The summed E-state index contributed by atoms with van der Waals surface area (Å²) in [5.74, 6) is 1.09. The van der Waals surface area contributed by atoms with Crippen LogP contribution < -0.4 is 5.73 Å². The quantitative estimate of drug-likeness (QED) is 0.802. The van der Waals surface area contributed by atoms with E-state index in [0.717, 1.165) is 31.8 Å². The summed E-state index contributed by atoms with van der Waals surface area (Å²) in [7, 11) is 0. The van der Waals surface area contributed by atoms with E-state index >= 15 is 0 Å². The molecule has 0 radical (unpaired) electrons. The van der Waals surface area contributed by atoms with Crippen LogP contribution in [0.1, 0.15) is 58.8 Å². The minimum atomic E-state index is 0.0391. The molecule has 1 aliphatic heterocycles. The molecule has 1 heterocycles. The third-order valence-corrected chi connectivity index (χ3v) is 3.86. The van der Waals surface area contributed by atoms with E-state index in [1.165, 1.54) is 25.7 Å². The molecule has 100 valence electrons. The molecule has 0 bridgehead atoms. The molecule has 2 unspecified atom stereocenters. The van der Waals surface area contributed by atoms with E-state index in [4.69, 9.17) is 5.73 Å². The fraction of sp³-hybridized carbons (Fsp3) is 0.929. The number of nitrogens with two attached hydrogens (primary N) is 1. The SMILES string of the molecule is CCCC1CCCN(C(=O)CC(N)CC)CC1. The third kappa shape index (κ3) is 5.07. The highest BCUT2D eigenvalue weighted by molar-refractivity contribution is 5.76. The van der Waals surface area contributed by atoms with Gasteiger partial charge in [0.05, 0.1) is 0 Å². The summed E-state index contributed by atoms with van der Waals surface area (Å²) in [4.78, 5) is 14.1. The molecule has 0 aliphatic carbocycles. The van der Waals surface area contributed by atoms with Crippen LogP contribution in [-0.2, 0) is 4.79 Å². The van der Waals surface area contributed by atoms with Gasteiger partial charge in [0.2, 0.25) is 5.91 Å². The number of amides is 1. The van der Waals surface area contributed by atoms with Crippen molar-refractivity contribution in [2.24, 2.45) is 11.7 Å². The molecule has 1 rings (SSSR count). The van der Waals surface area contributed by atoms with Gasteiger partial charge >= 0.3 is 0 Å². The van der Waals surface area contributed by atoms with Gasteiger partial charge in [-0.05, 0) is 31.6 Å². The van der Waals surface area contributed by atoms with Crippen molar-refractivity contribution in [2.45, 2.75) is 64.8 Å². The number of carbonyl (C=O) groups is 1. The average Bonchev–Trinajstić information content (AvgIpc) is 2.55. The molecule has 2 N–H and O–H groups in total. The molecule has 17 heavy (non-hydrogen) atoms. The molecule has 0 aromatic carbocycles. The molecule has 0 aromatic rings. The summed E-state index contributed by atoms with van der Waals surface area (Å²) in [5.41, 5.74) is 5.85. The van der Waals surface area contributed by atoms with Gasteiger partial charge in [0.1, 0.15) is 0 Å². The van der Waals surface area contributed by atoms with Crippen LogP contribution in [0.2, 0.25) is 0 Å². The van der Waals surface area contributed by atoms with Gasteiger partial charge in [0.15, 0.2) is 0 Å². The highest BCUT2D eigenvalue weighted by Gasteiger charge is 2.21. The first-order valence-corrected chi connectivity index (χ1v) is 7.20. The fourth-order valence-corrected chi connectivity index (χ4v) is 2.61. The first-order chi connectivity index (χ1) is 8.17. The van der Waals surface area contributed by atoms with Crippen LogP contribution >= 0.6 is 0 Å². The summed E-state index contributed by atoms with van der Waals surface area (Å²) in [6, 6.07) is 0.0391. The Hall–Kier alpha value is -0.570. The molecule has 0 saturated carbocycles. The average molecular weight is 240 g/mol. The lowest BCUT2D eigenvalue weighted by Gasteiger charge is -2.22. The van der Waals surface area contributed by atoms with E-state index in [1.807, 2.05) is 11.8 Å². The van der Waals surface area contributed by atoms with E-state index in [2.05, 4.69) is 6.92 Å². The Morgan fingerprint density at radius 3 is 2.76 bits per heavy atom. The summed E-state index contributed by atoms with van der Waals surface area (Å²) in [6.07, 6.45) is 7.62. The Bertz CT molecular complexity index is 230. The van der Waals surface area contributed by atoms with Crippen LogP contribution in [0.5, 0.6) is 0 Å². The van der Waals surface area contributed by atoms with E-state index < -0.39 is 0 Å². The van der Waals surface area contributed by atoms with Crippen molar-refractivity contribution in [3.8, 4) is 0 Å². The van der Waals surface area contributed by atoms with Crippen molar-refractivity contribution < 1.29 is 4.79 Å². The largest absolute Gasteiger partial charge is 0.343 e. The monoisotopic (exact) mass is 240 g/mol. The van der Waals surface area contributed by atoms with Crippen molar-refractivity contribution in [1.82, 2.24) is 4.90 Å². The van der Waals surface area contributed by atoms with Crippen LogP contribution in [-0.4, -0.2) is 29.9 Å². The van der Waals surface area contributed by atoms with Crippen molar-refractivity contribution in [3.05, 3.63) is 0 Å². The van der Waals surface area contributed by atoms with Gasteiger partial charge in [-0.3, -0.25) is 4.79 Å². The predicted molar refractivity (Wildman–Crippen MR) is 71.7 cm³/mol. The molecule has 2 atom stereocenters. The normalized spacial score (nSPS) is 23.2. The van der Waals surface area contributed by atoms with E-state index in [-0.39, 0.29) is 11.9 Å². The van der Waals surface area contributed by atoms with Gasteiger partial charge < -0.3 is 10.6 Å². The molecule has 3 nitrogen and oxygen atoms in total. The Balaban J connectivity index is 2.37. The molecule has 1 fully saturated rings. The second-order valence-corrected chi connectivity index (χ2v) is 5.34. The minimum Gasteiger partial charge on any atom is -0.343 e. The number of hydrogen-bond donors (Lipinski definition) is 1. The second-order valence-electron chi connectivity index (χ2n) is 5.34. The van der Waals surface area contributed by atoms with E-state index in [1.54, 1.807) is 0 Å². The van der Waals surface area contributed by atoms with Crippen LogP contribution in [0.3, 0.4) is 0 Å². The summed E-state index contributed by atoms with van der Waals surface area (Å²) < 4.78 is 0. The standard InChI is InChI=1S/C14H28N2O/c1-3-6-12-7-5-9-16(10-8-12)14(17)11-13(15)4-2/h12-13H,3-11,15H2,1-2H3. The molecular formula is C14H28N2O. The fourth-order valence-electron chi connectivity index (χ4n) is 2.61. The Kier molecular flexibility index (Phi) is 6.56. The molecule has 1 amide bonds. The zero-order valence-corrected chi connectivity index (χ0v) is 11.5. The Morgan fingerprint density at radius 2 is 2.12 bits per heavy atom. The second kappa shape index (κ2) is 7.70. The van der Waals surface area contributed by atoms with Crippen LogP contribution in [0.15, 0.2) is 0 Å². The molecular weight excluding hydrogens is 212 g/mol. The molecule has 0 aromatic heterocycles. The number of hydrogen-bond acceptors (Lipinski definition) is 2. The minimum absolute atomic E-state index is 0.0391. The Labute approximate surface area is 106 Å². The zero-order valence-electron chi connectivity index (χ0n) is 11.5. The number of rotatable bonds is 5. The lowest BCUT2D eigenvalue weighted by molar-refractivity contribution is -0.131. The van der Waals surface area contributed by atoms with E-state index in [9.17, 15) is 4.79 Å². The predicted octanol–water partition coefficient (Wildman–Crippen LogP) is 2.54. The van der Waals surface area contributed by atoms with E-state index in [0.29, 0.717) is 6.42 Å². The molecule has 1 saturated heterocycles. The zero-order chi connectivity index (χ0) is 12.7. The number of carbonyl (C=O) groups excluding carboxylic acids is 1. The lowest BCUT2D eigenvalue weighted by Crippen LogP contribution is -2.36.